The van der Waals surface area contributed by atoms with E-state index in [9.17, 15) is 0 Å². The standard InChI is InChI=1S/C15H15Cl2NO/c1-2-15(18)10-3-5-11(6-4-10)19-12-7-8-13(16)14(17)9-12/h3-9,15H,2,18H2,1H3/t15-/m1/s1. The van der Waals surface area contributed by atoms with Crippen LogP contribution in [0.1, 0.15) is 24.9 Å². The van der Waals surface area contributed by atoms with Gasteiger partial charge in [-0.3, -0.25) is 0 Å². The fourth-order valence-electron chi connectivity index (χ4n) is 1.70. The van der Waals surface area contributed by atoms with Gasteiger partial charge in [-0.15, -0.1) is 0 Å². The van der Waals surface area contributed by atoms with E-state index in [-0.39, 0.29) is 6.04 Å². The Labute approximate surface area is 123 Å². The van der Waals surface area contributed by atoms with Gasteiger partial charge in [-0.1, -0.05) is 42.3 Å². The Morgan fingerprint density at radius 1 is 1.00 bits per heavy atom. The largest absolute Gasteiger partial charge is 0.457 e. The Hall–Kier alpha value is -1.22. The molecule has 0 amide bonds. The average molecular weight is 296 g/mol. The van der Waals surface area contributed by atoms with E-state index in [2.05, 4.69) is 6.92 Å². The van der Waals surface area contributed by atoms with E-state index in [1.54, 1.807) is 18.2 Å². The second-order valence-electron chi connectivity index (χ2n) is 4.26. The average Bonchev–Trinajstić information content (AvgIpc) is 2.43. The van der Waals surface area contributed by atoms with Crippen molar-refractivity contribution in [2.24, 2.45) is 5.73 Å². The van der Waals surface area contributed by atoms with Crippen molar-refractivity contribution in [3.63, 3.8) is 0 Å². The Morgan fingerprint density at radius 2 is 1.63 bits per heavy atom. The van der Waals surface area contributed by atoms with Crippen LogP contribution in [-0.4, -0.2) is 0 Å². The van der Waals surface area contributed by atoms with Crippen LogP contribution in [0, 0.1) is 0 Å². The molecule has 19 heavy (non-hydrogen) atoms. The molecule has 1 atom stereocenters. The predicted molar refractivity (Wildman–Crippen MR) is 80.2 cm³/mol. The highest BCUT2D eigenvalue weighted by atomic mass is 35.5. The van der Waals surface area contributed by atoms with Crippen LogP contribution in [0.25, 0.3) is 0 Å². The highest BCUT2D eigenvalue weighted by Gasteiger charge is 2.05. The highest BCUT2D eigenvalue weighted by Crippen LogP contribution is 2.29. The highest BCUT2D eigenvalue weighted by molar-refractivity contribution is 6.42. The molecule has 0 aliphatic heterocycles. The van der Waals surface area contributed by atoms with Gasteiger partial charge in [-0.05, 0) is 36.2 Å². The van der Waals surface area contributed by atoms with Crippen molar-refractivity contribution in [2.45, 2.75) is 19.4 Å². The summed E-state index contributed by atoms with van der Waals surface area (Å²) in [6.45, 7) is 2.06. The van der Waals surface area contributed by atoms with Gasteiger partial charge in [0.15, 0.2) is 0 Å². The molecule has 0 saturated carbocycles. The normalized spacial score (nSPS) is 12.2. The third-order valence-corrected chi connectivity index (χ3v) is 3.61. The van der Waals surface area contributed by atoms with Crippen LogP contribution >= 0.6 is 23.2 Å². The zero-order chi connectivity index (χ0) is 13.8. The maximum absolute atomic E-state index is 5.96. The number of ether oxygens (including phenoxy) is 1. The van der Waals surface area contributed by atoms with Gasteiger partial charge in [-0.2, -0.15) is 0 Å². The number of hydrogen-bond donors (Lipinski definition) is 1. The fraction of sp³-hybridized carbons (Fsp3) is 0.200. The molecule has 0 spiro atoms. The lowest BCUT2D eigenvalue weighted by atomic mass is 10.1. The molecule has 2 aromatic rings. The first-order chi connectivity index (χ1) is 9.10. The topological polar surface area (TPSA) is 35.2 Å². The van der Waals surface area contributed by atoms with E-state index in [0.29, 0.717) is 15.8 Å². The van der Waals surface area contributed by atoms with E-state index in [1.807, 2.05) is 24.3 Å². The van der Waals surface area contributed by atoms with E-state index in [1.165, 1.54) is 0 Å². The lowest BCUT2D eigenvalue weighted by molar-refractivity contribution is 0.482. The zero-order valence-electron chi connectivity index (χ0n) is 10.6. The maximum atomic E-state index is 5.96. The second-order valence-corrected chi connectivity index (χ2v) is 5.08. The van der Waals surface area contributed by atoms with Gasteiger partial charge in [-0.25, -0.2) is 0 Å². The molecule has 0 aliphatic carbocycles. The van der Waals surface area contributed by atoms with Crippen LogP contribution in [0.5, 0.6) is 11.5 Å². The van der Waals surface area contributed by atoms with Crippen molar-refractivity contribution in [2.75, 3.05) is 0 Å². The number of benzene rings is 2. The van der Waals surface area contributed by atoms with E-state index in [4.69, 9.17) is 33.7 Å². The van der Waals surface area contributed by atoms with Gasteiger partial charge >= 0.3 is 0 Å². The van der Waals surface area contributed by atoms with Crippen molar-refractivity contribution in [3.8, 4) is 11.5 Å². The smallest absolute Gasteiger partial charge is 0.129 e. The van der Waals surface area contributed by atoms with Crippen molar-refractivity contribution in [1.29, 1.82) is 0 Å². The van der Waals surface area contributed by atoms with Gasteiger partial charge < -0.3 is 10.5 Å². The monoisotopic (exact) mass is 295 g/mol. The molecule has 4 heteroatoms. The molecule has 2 rings (SSSR count). The summed E-state index contributed by atoms with van der Waals surface area (Å²) in [4.78, 5) is 0. The van der Waals surface area contributed by atoms with E-state index >= 15 is 0 Å². The lowest BCUT2D eigenvalue weighted by Crippen LogP contribution is -2.07. The molecule has 2 N–H and O–H groups in total. The Bertz CT molecular complexity index is 555. The Balaban J connectivity index is 2.12. The lowest BCUT2D eigenvalue weighted by Gasteiger charge is -2.11. The molecule has 0 heterocycles. The number of hydrogen-bond acceptors (Lipinski definition) is 2. The van der Waals surface area contributed by atoms with E-state index in [0.717, 1.165) is 17.7 Å². The minimum atomic E-state index is 0.0685. The van der Waals surface area contributed by atoms with Crippen LogP contribution in [-0.2, 0) is 0 Å². The van der Waals surface area contributed by atoms with Crippen LogP contribution in [0.15, 0.2) is 42.5 Å². The Morgan fingerprint density at radius 3 is 2.21 bits per heavy atom. The summed E-state index contributed by atoms with van der Waals surface area (Å²) in [7, 11) is 0. The second kappa shape index (κ2) is 6.29. The first-order valence-corrected chi connectivity index (χ1v) is 6.84. The minimum Gasteiger partial charge on any atom is -0.457 e. The summed E-state index contributed by atoms with van der Waals surface area (Å²) in [6.07, 6.45) is 0.910. The van der Waals surface area contributed by atoms with Crippen LogP contribution in [0.3, 0.4) is 0 Å². The van der Waals surface area contributed by atoms with Crippen molar-refractivity contribution < 1.29 is 4.74 Å². The first kappa shape index (κ1) is 14.2. The molecule has 0 aliphatic rings. The molecular weight excluding hydrogens is 281 g/mol. The number of halogens is 2. The van der Waals surface area contributed by atoms with Gasteiger partial charge in [0.05, 0.1) is 10.0 Å². The zero-order valence-corrected chi connectivity index (χ0v) is 12.1. The predicted octanol–water partition coefficient (Wildman–Crippen LogP) is 5.20. The summed E-state index contributed by atoms with van der Waals surface area (Å²) in [5.74, 6) is 1.40. The Kier molecular flexibility index (Phi) is 4.70. The molecule has 0 fully saturated rings. The molecule has 0 saturated heterocycles. The number of rotatable bonds is 4. The van der Waals surface area contributed by atoms with Gasteiger partial charge in [0.25, 0.3) is 0 Å². The fourth-order valence-corrected chi connectivity index (χ4v) is 1.98. The summed E-state index contributed by atoms with van der Waals surface area (Å²) in [5, 5.41) is 0.988. The number of nitrogens with two attached hydrogens (primary N) is 1. The quantitative estimate of drug-likeness (QED) is 0.842. The van der Waals surface area contributed by atoms with Gasteiger partial charge in [0.2, 0.25) is 0 Å². The molecule has 0 bridgehead atoms. The summed E-state index contributed by atoms with van der Waals surface area (Å²) >= 11 is 11.8. The van der Waals surface area contributed by atoms with Crippen LogP contribution in [0.4, 0.5) is 0 Å². The maximum Gasteiger partial charge on any atom is 0.129 e. The molecule has 0 unspecified atom stereocenters. The molecular formula is C15H15Cl2NO. The van der Waals surface area contributed by atoms with Crippen LogP contribution in [0.2, 0.25) is 10.0 Å². The van der Waals surface area contributed by atoms with Crippen molar-refractivity contribution in [1.82, 2.24) is 0 Å². The molecule has 0 aromatic heterocycles. The minimum absolute atomic E-state index is 0.0685. The molecule has 2 nitrogen and oxygen atoms in total. The van der Waals surface area contributed by atoms with Gasteiger partial charge in [0, 0.05) is 12.1 Å². The summed E-state index contributed by atoms with van der Waals surface area (Å²) in [6, 6.07) is 13.0. The van der Waals surface area contributed by atoms with Crippen LogP contribution < -0.4 is 10.5 Å². The van der Waals surface area contributed by atoms with E-state index < -0.39 is 0 Å². The van der Waals surface area contributed by atoms with Crippen molar-refractivity contribution >= 4 is 23.2 Å². The summed E-state index contributed by atoms with van der Waals surface area (Å²) in [5.41, 5.74) is 7.06. The van der Waals surface area contributed by atoms with Gasteiger partial charge in [0.1, 0.15) is 11.5 Å². The summed E-state index contributed by atoms with van der Waals surface area (Å²) < 4.78 is 5.70. The third-order valence-electron chi connectivity index (χ3n) is 2.87. The van der Waals surface area contributed by atoms with Crippen molar-refractivity contribution in [3.05, 3.63) is 58.1 Å². The molecule has 0 radical (unpaired) electrons. The molecule has 100 valence electrons. The SMILES string of the molecule is CC[C@@H](N)c1ccc(Oc2ccc(Cl)c(Cl)c2)cc1. The first-order valence-electron chi connectivity index (χ1n) is 6.08. The molecule has 2 aromatic carbocycles. The third kappa shape index (κ3) is 3.63.